The van der Waals surface area contributed by atoms with Gasteiger partial charge in [0.25, 0.3) is 0 Å². The number of fused-ring (bicyclic) bond motifs is 1. The lowest BCUT2D eigenvalue weighted by atomic mass is 10.0. The van der Waals surface area contributed by atoms with E-state index in [1.807, 2.05) is 0 Å². The molecule has 16 heteroatoms. The predicted octanol–water partition coefficient (Wildman–Crippen LogP) is 4.51. The monoisotopic (exact) mass is 735 g/mol. The first kappa shape index (κ1) is 38.6. The third-order valence-electron chi connectivity index (χ3n) is 9.72. The molecule has 0 unspecified atom stereocenters. The number of likely N-dealkylation sites (tertiary alicyclic amines) is 2. The fourth-order valence-corrected chi connectivity index (χ4v) is 6.92. The maximum atomic E-state index is 15.8. The molecule has 4 atom stereocenters. The number of hydrogen-bond donors (Lipinski definition) is 6. The van der Waals surface area contributed by atoms with Crippen LogP contribution in [-0.4, -0.2) is 100 Å². The van der Waals surface area contributed by atoms with Crippen LogP contribution in [0.15, 0.2) is 42.5 Å². The van der Waals surface area contributed by atoms with Crippen molar-refractivity contribution in [2.45, 2.75) is 77.5 Å². The van der Waals surface area contributed by atoms with Crippen LogP contribution in [0, 0.1) is 17.7 Å². The van der Waals surface area contributed by atoms with Crippen LogP contribution >= 0.6 is 0 Å². The molecule has 53 heavy (non-hydrogen) atoms. The number of benzene rings is 2. The highest BCUT2D eigenvalue weighted by molar-refractivity contribution is 6.01. The number of aromatic nitrogens is 1. The number of hydrogen-bond acceptors (Lipinski definition) is 7. The van der Waals surface area contributed by atoms with Crippen molar-refractivity contribution in [3.63, 3.8) is 0 Å². The minimum absolute atomic E-state index is 0.199. The number of halogens is 1. The Bertz CT molecular complexity index is 1880. The molecular formula is C37H46FN7O8. The second kappa shape index (κ2) is 16.3. The summed E-state index contributed by atoms with van der Waals surface area (Å²) < 4.78 is 20.5. The van der Waals surface area contributed by atoms with Crippen molar-refractivity contribution in [1.29, 1.82) is 0 Å². The standard InChI is InChI=1S/C37H46FN7O8/c1-19(2)29(42-36(50)51)34(48)44-16-6-8-26(44)32(46)39-22-12-10-21(11-13-22)31-28(38)24-18-23(14-15-25(24)41-31)40-33(47)27-9-7-17-45(27)35(49)30(20(3)4)43-37(52)53-5/h10-15,18-20,26-27,29-30,41-42H,6-9,16-17H2,1-5H3,(H,39,46)(H,40,47)(H,43,52)(H,50,51)/t26-,27-,29-,30-/m0/s1. The lowest BCUT2D eigenvalue weighted by Gasteiger charge is -2.30. The number of rotatable bonds is 11. The fourth-order valence-electron chi connectivity index (χ4n) is 6.92. The van der Waals surface area contributed by atoms with Gasteiger partial charge in [-0.3, -0.25) is 19.2 Å². The van der Waals surface area contributed by atoms with E-state index in [-0.39, 0.29) is 28.8 Å². The fraction of sp³-hybridized carbons (Fsp3) is 0.459. The van der Waals surface area contributed by atoms with Crippen molar-refractivity contribution in [3.8, 4) is 11.3 Å². The summed E-state index contributed by atoms with van der Waals surface area (Å²) >= 11 is 0. The molecule has 0 radical (unpaired) electrons. The van der Waals surface area contributed by atoms with Crippen molar-refractivity contribution in [2.75, 3.05) is 30.8 Å². The van der Waals surface area contributed by atoms with Crippen LogP contribution in [-0.2, 0) is 23.9 Å². The summed E-state index contributed by atoms with van der Waals surface area (Å²) in [5.41, 5.74) is 1.96. The minimum atomic E-state index is -1.31. The van der Waals surface area contributed by atoms with Crippen LogP contribution in [0.4, 0.5) is 25.4 Å². The Morgan fingerprint density at radius 3 is 1.81 bits per heavy atom. The number of nitrogens with zero attached hydrogens (tertiary/aromatic N) is 2. The molecule has 0 bridgehead atoms. The second-order valence-electron chi connectivity index (χ2n) is 14.0. The largest absolute Gasteiger partial charge is 0.465 e. The van der Waals surface area contributed by atoms with Crippen molar-refractivity contribution in [1.82, 2.24) is 25.4 Å². The summed E-state index contributed by atoms with van der Waals surface area (Å²) in [5, 5.41) is 19.9. The van der Waals surface area contributed by atoms with Crippen LogP contribution in [0.1, 0.15) is 53.4 Å². The summed E-state index contributed by atoms with van der Waals surface area (Å²) in [6, 6.07) is 7.92. The molecule has 0 aliphatic carbocycles. The molecule has 2 fully saturated rings. The van der Waals surface area contributed by atoms with Gasteiger partial charge in [0.15, 0.2) is 5.82 Å². The van der Waals surface area contributed by atoms with Gasteiger partial charge in [-0.05, 0) is 67.9 Å². The number of amides is 6. The Kier molecular flexibility index (Phi) is 11.9. The molecular weight excluding hydrogens is 689 g/mol. The number of ether oxygens (including phenoxy) is 1. The first-order valence-corrected chi connectivity index (χ1v) is 17.7. The van der Waals surface area contributed by atoms with Gasteiger partial charge in [0.1, 0.15) is 24.2 Å². The van der Waals surface area contributed by atoms with Crippen LogP contribution in [0.3, 0.4) is 0 Å². The van der Waals surface area contributed by atoms with Gasteiger partial charge in [-0.15, -0.1) is 0 Å². The van der Waals surface area contributed by atoms with Gasteiger partial charge in [-0.25, -0.2) is 14.0 Å². The highest BCUT2D eigenvalue weighted by Gasteiger charge is 2.40. The van der Waals surface area contributed by atoms with Gasteiger partial charge in [0.05, 0.1) is 12.8 Å². The minimum Gasteiger partial charge on any atom is -0.465 e. The Morgan fingerprint density at radius 2 is 1.30 bits per heavy atom. The molecule has 0 spiro atoms. The van der Waals surface area contributed by atoms with Gasteiger partial charge < -0.3 is 45.9 Å². The number of carboxylic acid groups (broad SMARTS) is 1. The normalized spacial score (nSPS) is 18.2. The zero-order chi connectivity index (χ0) is 38.6. The van der Waals surface area contributed by atoms with E-state index in [1.165, 1.54) is 23.0 Å². The molecule has 1 aromatic heterocycles. The molecule has 3 heterocycles. The van der Waals surface area contributed by atoms with E-state index in [0.29, 0.717) is 61.2 Å². The van der Waals surface area contributed by atoms with Crippen molar-refractivity contribution < 1.29 is 43.0 Å². The van der Waals surface area contributed by atoms with E-state index in [4.69, 9.17) is 0 Å². The molecule has 2 aliphatic heterocycles. The lowest BCUT2D eigenvalue weighted by Crippen LogP contribution is -2.54. The molecule has 6 amide bonds. The summed E-state index contributed by atoms with van der Waals surface area (Å²) in [6.07, 6.45) is 0.0107. The number of H-pyrrole nitrogens is 1. The summed E-state index contributed by atoms with van der Waals surface area (Å²) in [5.74, 6) is -2.77. The molecule has 0 saturated carbocycles. The topological polar surface area (TPSA) is 202 Å². The first-order valence-electron chi connectivity index (χ1n) is 17.7. The Morgan fingerprint density at radius 1 is 0.792 bits per heavy atom. The van der Waals surface area contributed by atoms with E-state index < -0.39 is 59.9 Å². The summed E-state index contributed by atoms with van der Waals surface area (Å²) in [7, 11) is 1.21. The van der Waals surface area contributed by atoms with Crippen molar-refractivity contribution in [3.05, 3.63) is 48.3 Å². The van der Waals surface area contributed by atoms with Gasteiger partial charge in [0, 0.05) is 40.9 Å². The number of carbonyl (C=O) groups excluding carboxylic acids is 5. The lowest BCUT2D eigenvalue weighted by molar-refractivity contribution is -0.139. The molecule has 6 N–H and O–H groups in total. The number of alkyl carbamates (subject to hydrolysis) is 1. The van der Waals surface area contributed by atoms with E-state index in [0.717, 1.165) is 0 Å². The number of methoxy groups -OCH3 is 1. The van der Waals surface area contributed by atoms with Gasteiger partial charge >= 0.3 is 12.2 Å². The average Bonchev–Trinajstić information content (AvgIpc) is 3.89. The number of anilines is 2. The molecule has 284 valence electrons. The van der Waals surface area contributed by atoms with Crippen LogP contribution in [0.25, 0.3) is 22.2 Å². The summed E-state index contributed by atoms with van der Waals surface area (Å²) in [4.78, 5) is 82.3. The Balaban J connectivity index is 1.25. The van der Waals surface area contributed by atoms with E-state index >= 15 is 4.39 Å². The molecule has 3 aromatic rings. The van der Waals surface area contributed by atoms with Gasteiger partial charge in [-0.2, -0.15) is 0 Å². The predicted molar refractivity (Wildman–Crippen MR) is 194 cm³/mol. The molecule has 2 aromatic carbocycles. The first-order chi connectivity index (χ1) is 25.2. The maximum absolute atomic E-state index is 15.8. The summed E-state index contributed by atoms with van der Waals surface area (Å²) in [6.45, 7) is 7.71. The van der Waals surface area contributed by atoms with Crippen molar-refractivity contribution >= 4 is 58.1 Å². The van der Waals surface area contributed by atoms with Crippen LogP contribution in [0.5, 0.6) is 0 Å². The molecule has 5 rings (SSSR count). The molecule has 15 nitrogen and oxygen atoms in total. The van der Waals surface area contributed by atoms with Crippen LogP contribution < -0.4 is 21.3 Å². The number of aromatic amines is 1. The third-order valence-corrected chi connectivity index (χ3v) is 9.72. The van der Waals surface area contributed by atoms with Gasteiger partial charge in [-0.1, -0.05) is 39.8 Å². The van der Waals surface area contributed by atoms with E-state index in [2.05, 4.69) is 31.0 Å². The van der Waals surface area contributed by atoms with E-state index in [9.17, 15) is 33.9 Å². The zero-order valence-electron chi connectivity index (χ0n) is 30.3. The average molecular weight is 736 g/mol. The third kappa shape index (κ3) is 8.53. The van der Waals surface area contributed by atoms with Crippen LogP contribution in [0.2, 0.25) is 0 Å². The number of carbonyl (C=O) groups is 6. The highest BCUT2D eigenvalue weighted by Crippen LogP contribution is 2.32. The molecule has 2 aliphatic rings. The van der Waals surface area contributed by atoms with Crippen molar-refractivity contribution in [2.24, 2.45) is 11.8 Å². The Labute approximate surface area is 306 Å². The number of nitrogens with one attached hydrogen (secondary N) is 5. The smallest absolute Gasteiger partial charge is 0.407 e. The Hall–Kier alpha value is -5.67. The zero-order valence-corrected chi connectivity index (χ0v) is 30.3. The maximum Gasteiger partial charge on any atom is 0.407 e. The molecule has 2 saturated heterocycles. The second-order valence-corrected chi connectivity index (χ2v) is 14.0. The quantitative estimate of drug-likeness (QED) is 0.165. The SMILES string of the molecule is COC(=O)N[C@H](C(=O)N1CCC[C@H]1C(=O)Nc1ccc2[nH]c(-c3ccc(NC(=O)[C@@H]4CCCN4C(=O)[C@@H](NC(=O)O)C(C)C)cc3)c(F)c2c1)C(C)C. The van der Waals surface area contributed by atoms with E-state index in [1.54, 1.807) is 64.1 Å². The highest BCUT2D eigenvalue weighted by atomic mass is 19.1. The van der Waals surface area contributed by atoms with Gasteiger partial charge in [0.2, 0.25) is 23.6 Å².